The normalized spacial score (nSPS) is 11.7. The standard InChI is InChI=1S/C17H19FN2O3/c1-4-23-17(21)12-5-8-16(19-10-12)20-11(2)14-9-13(18)6-7-15(14)22-3/h5-11H,4H2,1-3H3,(H,19,20). The van der Waals surface area contributed by atoms with E-state index in [0.29, 0.717) is 29.3 Å². The van der Waals surface area contributed by atoms with Crippen LogP contribution in [0, 0.1) is 5.82 Å². The van der Waals surface area contributed by atoms with Gasteiger partial charge in [-0.3, -0.25) is 0 Å². The van der Waals surface area contributed by atoms with Crippen molar-refractivity contribution < 1.29 is 18.7 Å². The van der Waals surface area contributed by atoms with Gasteiger partial charge in [-0.2, -0.15) is 0 Å². The summed E-state index contributed by atoms with van der Waals surface area (Å²) in [5.74, 6) is 0.415. The van der Waals surface area contributed by atoms with Gasteiger partial charge in [0.25, 0.3) is 0 Å². The molecule has 0 bridgehead atoms. The lowest BCUT2D eigenvalue weighted by Crippen LogP contribution is -2.11. The molecule has 1 aromatic heterocycles. The van der Waals surface area contributed by atoms with E-state index in [2.05, 4.69) is 10.3 Å². The number of methoxy groups -OCH3 is 1. The number of nitrogens with zero attached hydrogens (tertiary/aromatic N) is 1. The smallest absolute Gasteiger partial charge is 0.339 e. The SMILES string of the molecule is CCOC(=O)c1ccc(NC(C)c2cc(F)ccc2OC)nc1. The third-order valence-corrected chi connectivity index (χ3v) is 3.30. The van der Waals surface area contributed by atoms with Gasteiger partial charge in [-0.25, -0.2) is 14.2 Å². The van der Waals surface area contributed by atoms with E-state index in [9.17, 15) is 9.18 Å². The lowest BCUT2D eigenvalue weighted by Gasteiger charge is -2.18. The molecular formula is C17H19FN2O3. The van der Waals surface area contributed by atoms with Gasteiger partial charge < -0.3 is 14.8 Å². The third-order valence-electron chi connectivity index (χ3n) is 3.30. The number of ether oxygens (including phenoxy) is 2. The van der Waals surface area contributed by atoms with E-state index in [4.69, 9.17) is 9.47 Å². The van der Waals surface area contributed by atoms with Gasteiger partial charge in [-0.15, -0.1) is 0 Å². The Hall–Kier alpha value is -2.63. The average molecular weight is 318 g/mol. The molecule has 2 rings (SSSR count). The van der Waals surface area contributed by atoms with Crippen LogP contribution in [0.25, 0.3) is 0 Å². The van der Waals surface area contributed by atoms with Crippen LogP contribution in [0.1, 0.15) is 35.8 Å². The van der Waals surface area contributed by atoms with Crippen molar-refractivity contribution in [3.8, 4) is 5.75 Å². The van der Waals surface area contributed by atoms with Gasteiger partial charge in [0.15, 0.2) is 0 Å². The summed E-state index contributed by atoms with van der Waals surface area (Å²) in [6, 6.07) is 7.43. The maximum Gasteiger partial charge on any atom is 0.339 e. The Labute approximate surface area is 134 Å². The lowest BCUT2D eigenvalue weighted by atomic mass is 10.1. The highest BCUT2D eigenvalue weighted by Crippen LogP contribution is 2.28. The number of hydrogen-bond acceptors (Lipinski definition) is 5. The fourth-order valence-electron chi connectivity index (χ4n) is 2.16. The minimum absolute atomic E-state index is 0.221. The van der Waals surface area contributed by atoms with Crippen molar-refractivity contribution in [3.63, 3.8) is 0 Å². The zero-order valence-corrected chi connectivity index (χ0v) is 13.3. The number of nitrogens with one attached hydrogen (secondary N) is 1. The quantitative estimate of drug-likeness (QED) is 0.825. The summed E-state index contributed by atoms with van der Waals surface area (Å²) < 4.78 is 23.6. The summed E-state index contributed by atoms with van der Waals surface area (Å²) >= 11 is 0. The van der Waals surface area contributed by atoms with Crippen LogP contribution in [-0.2, 0) is 4.74 Å². The molecule has 0 saturated carbocycles. The van der Waals surface area contributed by atoms with E-state index in [1.165, 1.54) is 25.4 Å². The van der Waals surface area contributed by atoms with Crippen molar-refractivity contribution in [3.05, 3.63) is 53.5 Å². The molecule has 0 aliphatic rings. The first-order valence-corrected chi connectivity index (χ1v) is 7.28. The van der Waals surface area contributed by atoms with Gasteiger partial charge >= 0.3 is 5.97 Å². The van der Waals surface area contributed by atoms with Gasteiger partial charge in [0.2, 0.25) is 0 Å². The molecule has 1 unspecified atom stereocenters. The molecule has 0 fully saturated rings. The molecule has 0 aliphatic carbocycles. The monoisotopic (exact) mass is 318 g/mol. The predicted molar refractivity (Wildman–Crippen MR) is 85.2 cm³/mol. The van der Waals surface area contributed by atoms with Crippen molar-refractivity contribution in [1.82, 2.24) is 4.98 Å². The van der Waals surface area contributed by atoms with Crippen molar-refractivity contribution in [2.75, 3.05) is 19.0 Å². The topological polar surface area (TPSA) is 60.5 Å². The van der Waals surface area contributed by atoms with Crippen LogP contribution in [0.5, 0.6) is 5.75 Å². The molecule has 0 saturated heterocycles. The van der Waals surface area contributed by atoms with Crippen LogP contribution in [-0.4, -0.2) is 24.7 Å². The van der Waals surface area contributed by atoms with Crippen LogP contribution < -0.4 is 10.1 Å². The molecular weight excluding hydrogens is 299 g/mol. The zero-order chi connectivity index (χ0) is 16.8. The zero-order valence-electron chi connectivity index (χ0n) is 13.3. The molecule has 0 aliphatic heterocycles. The van der Waals surface area contributed by atoms with E-state index in [1.54, 1.807) is 25.1 Å². The molecule has 2 aromatic rings. The third kappa shape index (κ3) is 4.18. The number of esters is 1. The minimum Gasteiger partial charge on any atom is -0.496 e. The van der Waals surface area contributed by atoms with Crippen LogP contribution >= 0.6 is 0 Å². The van der Waals surface area contributed by atoms with Crippen LogP contribution in [0.4, 0.5) is 10.2 Å². The van der Waals surface area contributed by atoms with Gasteiger partial charge in [0.05, 0.1) is 25.3 Å². The fraction of sp³-hybridized carbons (Fsp3) is 0.294. The highest BCUT2D eigenvalue weighted by Gasteiger charge is 2.14. The number of carbonyl (C=O) groups excluding carboxylic acids is 1. The lowest BCUT2D eigenvalue weighted by molar-refractivity contribution is 0.0526. The van der Waals surface area contributed by atoms with Crippen LogP contribution in [0.2, 0.25) is 0 Å². The van der Waals surface area contributed by atoms with Gasteiger partial charge in [-0.05, 0) is 44.2 Å². The number of carbonyl (C=O) groups is 1. The summed E-state index contributed by atoms with van der Waals surface area (Å²) in [6.07, 6.45) is 1.44. The van der Waals surface area contributed by atoms with Crippen molar-refractivity contribution in [1.29, 1.82) is 0 Å². The number of hydrogen-bond donors (Lipinski definition) is 1. The molecule has 23 heavy (non-hydrogen) atoms. The summed E-state index contributed by atoms with van der Waals surface area (Å²) in [6.45, 7) is 3.93. The Bertz CT molecular complexity index is 674. The number of rotatable bonds is 6. The number of benzene rings is 1. The molecule has 1 heterocycles. The summed E-state index contributed by atoms with van der Waals surface area (Å²) in [7, 11) is 1.54. The Morgan fingerprint density at radius 3 is 2.74 bits per heavy atom. The summed E-state index contributed by atoms with van der Waals surface area (Å²) in [5, 5.41) is 3.15. The maximum absolute atomic E-state index is 13.4. The number of aromatic nitrogens is 1. The Balaban J connectivity index is 2.13. The van der Waals surface area contributed by atoms with Crippen LogP contribution in [0.15, 0.2) is 36.5 Å². The largest absolute Gasteiger partial charge is 0.496 e. The first kappa shape index (κ1) is 16.7. The second-order valence-corrected chi connectivity index (χ2v) is 4.90. The second kappa shape index (κ2) is 7.58. The highest BCUT2D eigenvalue weighted by atomic mass is 19.1. The van der Waals surface area contributed by atoms with E-state index >= 15 is 0 Å². The molecule has 5 nitrogen and oxygen atoms in total. The Kier molecular flexibility index (Phi) is 5.51. The second-order valence-electron chi connectivity index (χ2n) is 4.90. The maximum atomic E-state index is 13.4. The van der Waals surface area contributed by atoms with Crippen molar-refractivity contribution in [2.24, 2.45) is 0 Å². The molecule has 1 aromatic carbocycles. The number of pyridine rings is 1. The Morgan fingerprint density at radius 2 is 2.13 bits per heavy atom. The van der Waals surface area contributed by atoms with Gasteiger partial charge in [-0.1, -0.05) is 0 Å². The number of anilines is 1. The van der Waals surface area contributed by atoms with Crippen molar-refractivity contribution in [2.45, 2.75) is 19.9 Å². The first-order valence-electron chi connectivity index (χ1n) is 7.28. The van der Waals surface area contributed by atoms with E-state index in [1.807, 2.05) is 6.92 Å². The summed E-state index contributed by atoms with van der Waals surface area (Å²) in [5.41, 5.74) is 1.07. The fourth-order valence-corrected chi connectivity index (χ4v) is 2.16. The number of halogens is 1. The van der Waals surface area contributed by atoms with Gasteiger partial charge in [0, 0.05) is 11.8 Å². The molecule has 1 N–H and O–H groups in total. The van der Waals surface area contributed by atoms with Gasteiger partial charge in [0.1, 0.15) is 17.4 Å². The minimum atomic E-state index is -0.411. The highest BCUT2D eigenvalue weighted by molar-refractivity contribution is 5.89. The molecule has 6 heteroatoms. The molecule has 122 valence electrons. The molecule has 1 atom stereocenters. The summed E-state index contributed by atoms with van der Waals surface area (Å²) in [4.78, 5) is 15.8. The van der Waals surface area contributed by atoms with Crippen molar-refractivity contribution >= 4 is 11.8 Å². The molecule has 0 amide bonds. The molecule has 0 radical (unpaired) electrons. The predicted octanol–water partition coefficient (Wildman–Crippen LogP) is 3.58. The van der Waals surface area contributed by atoms with E-state index < -0.39 is 5.97 Å². The molecule has 0 spiro atoms. The Morgan fingerprint density at radius 1 is 1.35 bits per heavy atom. The first-order chi connectivity index (χ1) is 11.0. The van der Waals surface area contributed by atoms with Crippen LogP contribution in [0.3, 0.4) is 0 Å². The van der Waals surface area contributed by atoms with E-state index in [-0.39, 0.29) is 11.9 Å². The van der Waals surface area contributed by atoms with E-state index in [0.717, 1.165) is 0 Å². The average Bonchev–Trinajstić information content (AvgIpc) is 2.55.